The van der Waals surface area contributed by atoms with Crippen molar-refractivity contribution in [2.75, 3.05) is 13.2 Å². The van der Waals surface area contributed by atoms with Gasteiger partial charge in [-0.1, -0.05) is 22.0 Å². The topological polar surface area (TPSA) is 55.5 Å². The highest BCUT2D eigenvalue weighted by atomic mass is 79.9. The molecule has 3 N–H and O–H groups in total. The monoisotopic (exact) mass is 245 g/mol. The summed E-state index contributed by atoms with van der Waals surface area (Å²) in [5, 5.41) is 9.13. The zero-order valence-corrected chi connectivity index (χ0v) is 8.70. The summed E-state index contributed by atoms with van der Waals surface area (Å²) in [4.78, 5) is 0. The van der Waals surface area contributed by atoms with Gasteiger partial charge < -0.3 is 15.6 Å². The van der Waals surface area contributed by atoms with E-state index in [1.54, 1.807) is 0 Å². The van der Waals surface area contributed by atoms with Gasteiger partial charge in [0.05, 0.1) is 0 Å². The molecule has 0 aliphatic rings. The predicted octanol–water partition coefficient (Wildman–Crippen LogP) is 1.15. The fourth-order valence-electron chi connectivity index (χ4n) is 0.817. The molecule has 13 heavy (non-hydrogen) atoms. The van der Waals surface area contributed by atoms with E-state index in [1.165, 1.54) is 0 Å². The smallest absolute Gasteiger partial charge is 0.120 e. The maximum atomic E-state index is 9.13. The van der Waals surface area contributed by atoms with Crippen LogP contribution in [-0.4, -0.2) is 24.4 Å². The molecule has 0 aliphatic carbocycles. The minimum atomic E-state index is -0.598. The third-order valence-electron chi connectivity index (χ3n) is 1.51. The minimum Gasteiger partial charge on any atom is -0.491 e. The summed E-state index contributed by atoms with van der Waals surface area (Å²) >= 11 is 3.32. The minimum absolute atomic E-state index is 0.216. The first-order valence-electron chi connectivity index (χ1n) is 3.99. The number of ether oxygens (including phenoxy) is 1. The van der Waals surface area contributed by atoms with E-state index in [9.17, 15) is 0 Å². The summed E-state index contributed by atoms with van der Waals surface area (Å²) in [5.74, 6) is 0.724. The van der Waals surface area contributed by atoms with Crippen LogP contribution in [0.15, 0.2) is 28.7 Å². The van der Waals surface area contributed by atoms with Gasteiger partial charge in [-0.25, -0.2) is 0 Å². The molecule has 0 saturated heterocycles. The van der Waals surface area contributed by atoms with Crippen LogP contribution in [0.1, 0.15) is 0 Å². The van der Waals surface area contributed by atoms with Crippen molar-refractivity contribution in [3.63, 3.8) is 0 Å². The van der Waals surface area contributed by atoms with E-state index in [4.69, 9.17) is 15.6 Å². The Morgan fingerprint density at radius 1 is 1.54 bits per heavy atom. The lowest BCUT2D eigenvalue weighted by Crippen LogP contribution is -2.26. The molecule has 4 heteroatoms. The average Bonchev–Trinajstić information content (AvgIpc) is 2.14. The van der Waals surface area contributed by atoms with Crippen molar-refractivity contribution in [2.24, 2.45) is 5.73 Å². The van der Waals surface area contributed by atoms with E-state index in [0.29, 0.717) is 0 Å². The third-order valence-corrected chi connectivity index (χ3v) is 2.00. The normalized spacial score (nSPS) is 12.5. The molecule has 0 fully saturated rings. The first-order chi connectivity index (χ1) is 6.22. The van der Waals surface area contributed by atoms with Gasteiger partial charge in [-0.2, -0.15) is 0 Å². The average molecular weight is 246 g/mol. The Hall–Kier alpha value is -0.580. The first kappa shape index (κ1) is 10.5. The molecule has 0 aliphatic heterocycles. The summed E-state index contributed by atoms with van der Waals surface area (Å²) in [5.41, 5.74) is 5.23. The molecule has 0 radical (unpaired) electrons. The molecule has 0 aromatic heterocycles. The highest BCUT2D eigenvalue weighted by Gasteiger charge is 2.01. The predicted molar refractivity (Wildman–Crippen MR) is 54.7 cm³/mol. The lowest BCUT2D eigenvalue weighted by Gasteiger charge is -2.09. The van der Waals surface area contributed by atoms with Gasteiger partial charge in [0.2, 0.25) is 0 Å². The lowest BCUT2D eigenvalue weighted by molar-refractivity contribution is 0.114. The van der Waals surface area contributed by atoms with Gasteiger partial charge in [0, 0.05) is 11.0 Å². The van der Waals surface area contributed by atoms with Gasteiger partial charge >= 0.3 is 0 Å². The fourth-order valence-corrected chi connectivity index (χ4v) is 1.20. The van der Waals surface area contributed by atoms with Crippen molar-refractivity contribution >= 4 is 15.9 Å². The second-order valence-electron chi connectivity index (χ2n) is 2.66. The Labute approximate surface area is 85.6 Å². The van der Waals surface area contributed by atoms with Crippen molar-refractivity contribution in [1.82, 2.24) is 0 Å². The second kappa shape index (κ2) is 5.21. The van der Waals surface area contributed by atoms with Gasteiger partial charge in [0.1, 0.15) is 18.5 Å². The summed E-state index contributed by atoms with van der Waals surface area (Å²) in [6.07, 6.45) is -0.598. The van der Waals surface area contributed by atoms with Crippen molar-refractivity contribution in [1.29, 1.82) is 0 Å². The highest BCUT2D eigenvalue weighted by Crippen LogP contribution is 2.17. The number of hydrogen-bond donors (Lipinski definition) is 2. The number of aliphatic hydroxyl groups excluding tert-OH is 1. The maximum Gasteiger partial charge on any atom is 0.120 e. The van der Waals surface area contributed by atoms with Crippen LogP contribution < -0.4 is 10.5 Å². The Morgan fingerprint density at radius 3 is 2.92 bits per heavy atom. The van der Waals surface area contributed by atoms with Gasteiger partial charge in [0.25, 0.3) is 0 Å². The molecule has 0 saturated carbocycles. The van der Waals surface area contributed by atoms with E-state index < -0.39 is 6.10 Å². The van der Waals surface area contributed by atoms with Crippen molar-refractivity contribution in [3.8, 4) is 5.75 Å². The quantitative estimate of drug-likeness (QED) is 0.837. The Kier molecular flexibility index (Phi) is 4.21. The molecule has 0 unspecified atom stereocenters. The molecule has 1 rings (SSSR count). The molecule has 0 bridgehead atoms. The highest BCUT2D eigenvalue weighted by molar-refractivity contribution is 9.10. The summed E-state index contributed by atoms with van der Waals surface area (Å²) < 4.78 is 6.23. The molecular weight excluding hydrogens is 234 g/mol. The van der Waals surface area contributed by atoms with Crippen LogP contribution >= 0.6 is 15.9 Å². The molecule has 0 heterocycles. The first-order valence-corrected chi connectivity index (χ1v) is 4.78. The number of hydrogen-bond acceptors (Lipinski definition) is 3. The molecule has 1 aromatic rings. The van der Waals surface area contributed by atoms with Crippen molar-refractivity contribution in [2.45, 2.75) is 6.10 Å². The van der Waals surface area contributed by atoms with Gasteiger partial charge in [-0.15, -0.1) is 0 Å². The van der Waals surface area contributed by atoms with Crippen LogP contribution in [0, 0.1) is 0 Å². The Bertz CT molecular complexity index is 268. The number of aliphatic hydroxyl groups is 1. The summed E-state index contributed by atoms with van der Waals surface area (Å²) in [6.45, 7) is 0.445. The van der Waals surface area contributed by atoms with Crippen LogP contribution in [0.4, 0.5) is 0 Å². The summed E-state index contributed by atoms with van der Waals surface area (Å²) in [6, 6.07) is 7.44. The van der Waals surface area contributed by atoms with Crippen LogP contribution in [0.25, 0.3) is 0 Å². The van der Waals surface area contributed by atoms with Crippen LogP contribution in [0.5, 0.6) is 5.75 Å². The molecular formula is C9H12BrNO2. The molecule has 3 nitrogen and oxygen atoms in total. The van der Waals surface area contributed by atoms with Gasteiger partial charge in [0.15, 0.2) is 0 Å². The van der Waals surface area contributed by atoms with Crippen molar-refractivity contribution in [3.05, 3.63) is 28.7 Å². The van der Waals surface area contributed by atoms with E-state index in [1.807, 2.05) is 24.3 Å². The van der Waals surface area contributed by atoms with Crippen LogP contribution in [0.3, 0.4) is 0 Å². The molecule has 1 aromatic carbocycles. The zero-order chi connectivity index (χ0) is 9.68. The molecule has 72 valence electrons. The largest absolute Gasteiger partial charge is 0.491 e. The van der Waals surface area contributed by atoms with Gasteiger partial charge in [-0.05, 0) is 18.2 Å². The van der Waals surface area contributed by atoms with Crippen molar-refractivity contribution < 1.29 is 9.84 Å². The molecule has 0 spiro atoms. The fraction of sp³-hybridized carbons (Fsp3) is 0.333. The second-order valence-corrected chi connectivity index (χ2v) is 3.57. The third kappa shape index (κ3) is 3.76. The van der Waals surface area contributed by atoms with Gasteiger partial charge in [-0.3, -0.25) is 0 Å². The molecule has 0 amide bonds. The number of rotatable bonds is 4. The number of benzene rings is 1. The maximum absolute atomic E-state index is 9.13. The lowest BCUT2D eigenvalue weighted by atomic mass is 10.3. The van der Waals surface area contributed by atoms with E-state index in [-0.39, 0.29) is 13.2 Å². The summed E-state index contributed by atoms with van der Waals surface area (Å²) in [7, 11) is 0. The SMILES string of the molecule is NC[C@H](O)COc1cccc(Br)c1. The molecule has 1 atom stereocenters. The standard InChI is InChI=1S/C9H12BrNO2/c10-7-2-1-3-9(4-7)13-6-8(12)5-11/h1-4,8,12H,5-6,11H2/t8-/m0/s1. The number of halogens is 1. The van der Waals surface area contributed by atoms with E-state index >= 15 is 0 Å². The van der Waals surface area contributed by atoms with Crippen LogP contribution in [-0.2, 0) is 0 Å². The number of nitrogens with two attached hydrogens (primary N) is 1. The Balaban J connectivity index is 2.45. The van der Waals surface area contributed by atoms with E-state index in [2.05, 4.69) is 15.9 Å². The van der Waals surface area contributed by atoms with E-state index in [0.717, 1.165) is 10.2 Å². The zero-order valence-electron chi connectivity index (χ0n) is 7.11. The Morgan fingerprint density at radius 2 is 2.31 bits per heavy atom. The van der Waals surface area contributed by atoms with Crippen LogP contribution in [0.2, 0.25) is 0 Å².